The Bertz CT molecular complexity index is 657. The average Bonchev–Trinajstić information content (AvgIpc) is 2.46. The minimum absolute atomic E-state index is 0.370. The molecule has 0 spiro atoms. The summed E-state index contributed by atoms with van der Waals surface area (Å²) in [6, 6.07) is 12.6. The van der Waals surface area contributed by atoms with Crippen LogP contribution >= 0.6 is 35.0 Å². The molecule has 4 heteroatoms. The molecule has 0 fully saturated rings. The largest absolute Gasteiger partial charge is 0.306 e. The number of rotatable bonds is 3. The first-order chi connectivity index (χ1) is 10.1. The number of nitrogens with one attached hydrogen (secondary N) is 1. The first-order valence-electron chi connectivity index (χ1n) is 7.04. The van der Waals surface area contributed by atoms with E-state index in [2.05, 4.69) is 30.4 Å². The fourth-order valence-electron chi connectivity index (χ4n) is 2.67. The van der Waals surface area contributed by atoms with E-state index in [1.807, 2.05) is 30.0 Å². The van der Waals surface area contributed by atoms with Gasteiger partial charge in [0.15, 0.2) is 0 Å². The van der Waals surface area contributed by atoms with Crippen LogP contribution < -0.4 is 5.32 Å². The minimum atomic E-state index is 0.370. The van der Waals surface area contributed by atoms with Crippen LogP contribution in [-0.4, -0.2) is 5.75 Å². The molecule has 0 saturated heterocycles. The van der Waals surface area contributed by atoms with Gasteiger partial charge >= 0.3 is 0 Å². The van der Waals surface area contributed by atoms with Gasteiger partial charge in [-0.05, 0) is 66.1 Å². The lowest BCUT2D eigenvalue weighted by atomic mass is 10.0. The van der Waals surface area contributed by atoms with E-state index < -0.39 is 0 Å². The van der Waals surface area contributed by atoms with E-state index in [0.717, 1.165) is 28.8 Å². The highest BCUT2D eigenvalue weighted by atomic mass is 35.5. The molecule has 1 N–H and O–H groups in total. The lowest BCUT2D eigenvalue weighted by molar-refractivity contribution is 0.509. The molecule has 1 atom stereocenters. The van der Waals surface area contributed by atoms with Crippen molar-refractivity contribution in [3.8, 4) is 0 Å². The fraction of sp³-hybridized carbons (Fsp3) is 0.294. The summed E-state index contributed by atoms with van der Waals surface area (Å²) >= 11 is 14.1. The van der Waals surface area contributed by atoms with Crippen molar-refractivity contribution < 1.29 is 0 Å². The molecule has 1 nitrogen and oxygen atoms in total. The summed E-state index contributed by atoms with van der Waals surface area (Å²) in [6.45, 7) is 2.95. The Balaban J connectivity index is 1.76. The van der Waals surface area contributed by atoms with E-state index in [4.69, 9.17) is 23.2 Å². The summed E-state index contributed by atoms with van der Waals surface area (Å²) in [7, 11) is 0. The summed E-state index contributed by atoms with van der Waals surface area (Å²) in [5.41, 5.74) is 3.85. The zero-order chi connectivity index (χ0) is 14.8. The maximum absolute atomic E-state index is 6.15. The van der Waals surface area contributed by atoms with Crippen LogP contribution in [0.15, 0.2) is 41.3 Å². The van der Waals surface area contributed by atoms with E-state index in [1.165, 1.54) is 21.6 Å². The van der Waals surface area contributed by atoms with Crippen molar-refractivity contribution in [1.82, 2.24) is 5.32 Å². The van der Waals surface area contributed by atoms with Crippen LogP contribution in [0.1, 0.15) is 29.2 Å². The molecule has 2 aromatic carbocycles. The molecule has 110 valence electrons. The summed E-state index contributed by atoms with van der Waals surface area (Å²) in [5.74, 6) is 1.14. The van der Waals surface area contributed by atoms with Crippen molar-refractivity contribution in [3.05, 3.63) is 63.1 Å². The molecule has 0 bridgehead atoms. The van der Waals surface area contributed by atoms with Gasteiger partial charge in [-0.3, -0.25) is 0 Å². The Hall–Kier alpha value is -0.670. The number of thioether (sulfide) groups is 1. The highest BCUT2D eigenvalue weighted by Gasteiger charge is 2.20. The normalized spacial score (nSPS) is 17.6. The number of aryl methyl sites for hydroxylation is 1. The van der Waals surface area contributed by atoms with Gasteiger partial charge in [-0.15, -0.1) is 11.8 Å². The van der Waals surface area contributed by atoms with Crippen molar-refractivity contribution in [2.24, 2.45) is 0 Å². The van der Waals surface area contributed by atoms with Crippen LogP contribution in [0.5, 0.6) is 0 Å². The van der Waals surface area contributed by atoms with E-state index in [0.29, 0.717) is 6.04 Å². The smallest absolute Gasteiger partial charge is 0.0410 e. The zero-order valence-corrected chi connectivity index (χ0v) is 14.2. The van der Waals surface area contributed by atoms with Gasteiger partial charge in [0.1, 0.15) is 0 Å². The number of fused-ring (bicyclic) bond motifs is 1. The predicted octanol–water partition coefficient (Wildman–Crippen LogP) is 5.63. The molecule has 3 rings (SSSR count). The van der Waals surface area contributed by atoms with E-state index in [1.54, 1.807) is 0 Å². The molecule has 21 heavy (non-hydrogen) atoms. The fourth-order valence-corrected chi connectivity index (χ4v) is 4.18. The van der Waals surface area contributed by atoms with Crippen LogP contribution in [0.2, 0.25) is 10.0 Å². The van der Waals surface area contributed by atoms with Gasteiger partial charge in [-0.2, -0.15) is 0 Å². The van der Waals surface area contributed by atoms with Crippen LogP contribution in [0.4, 0.5) is 0 Å². The van der Waals surface area contributed by atoms with Crippen molar-refractivity contribution in [2.75, 3.05) is 5.75 Å². The second-order valence-corrected chi connectivity index (χ2v) is 7.33. The minimum Gasteiger partial charge on any atom is -0.306 e. The van der Waals surface area contributed by atoms with Gasteiger partial charge in [0.05, 0.1) is 0 Å². The number of hydrogen-bond donors (Lipinski definition) is 1. The third-order valence-corrected chi connectivity index (χ3v) is 5.45. The standard InChI is InChI=1S/C17H17Cl2NS/c1-11-8-13(18)3-2-12(11)10-20-16-6-7-21-17-5-4-14(19)9-15(16)17/h2-5,8-9,16,20H,6-7,10H2,1H3. The van der Waals surface area contributed by atoms with Crippen molar-refractivity contribution in [3.63, 3.8) is 0 Å². The molecule has 0 aliphatic carbocycles. The van der Waals surface area contributed by atoms with Gasteiger partial charge in [0.25, 0.3) is 0 Å². The first kappa shape index (κ1) is 15.2. The monoisotopic (exact) mass is 337 g/mol. The Kier molecular flexibility index (Phi) is 4.80. The summed E-state index contributed by atoms with van der Waals surface area (Å²) in [5, 5.41) is 5.27. The third kappa shape index (κ3) is 3.57. The Morgan fingerprint density at radius 1 is 1.14 bits per heavy atom. The van der Waals surface area contributed by atoms with E-state index in [-0.39, 0.29) is 0 Å². The van der Waals surface area contributed by atoms with Gasteiger partial charge in [0, 0.05) is 27.5 Å². The van der Waals surface area contributed by atoms with Crippen LogP contribution in [0.3, 0.4) is 0 Å². The molecule has 1 unspecified atom stereocenters. The lowest BCUT2D eigenvalue weighted by Crippen LogP contribution is -2.24. The van der Waals surface area contributed by atoms with Gasteiger partial charge < -0.3 is 5.32 Å². The van der Waals surface area contributed by atoms with Crippen molar-refractivity contribution in [1.29, 1.82) is 0 Å². The summed E-state index contributed by atoms with van der Waals surface area (Å²) in [4.78, 5) is 1.34. The molecule has 0 radical (unpaired) electrons. The number of hydrogen-bond acceptors (Lipinski definition) is 2. The molecular formula is C17H17Cl2NS. The summed E-state index contributed by atoms with van der Waals surface area (Å²) in [6.07, 6.45) is 1.13. The zero-order valence-electron chi connectivity index (χ0n) is 11.8. The number of halogens is 2. The van der Waals surface area contributed by atoms with Crippen molar-refractivity contribution >= 4 is 35.0 Å². The second kappa shape index (κ2) is 6.62. The molecule has 1 aliphatic heterocycles. The first-order valence-corrected chi connectivity index (χ1v) is 8.78. The maximum atomic E-state index is 6.15. The third-order valence-electron chi connectivity index (χ3n) is 3.85. The Morgan fingerprint density at radius 3 is 2.71 bits per heavy atom. The number of benzene rings is 2. The quantitative estimate of drug-likeness (QED) is 0.778. The second-order valence-electron chi connectivity index (χ2n) is 5.32. The molecule has 0 saturated carbocycles. The van der Waals surface area contributed by atoms with Crippen LogP contribution in [0.25, 0.3) is 0 Å². The van der Waals surface area contributed by atoms with Gasteiger partial charge in [-0.1, -0.05) is 29.3 Å². The van der Waals surface area contributed by atoms with E-state index >= 15 is 0 Å². The Morgan fingerprint density at radius 2 is 1.90 bits per heavy atom. The topological polar surface area (TPSA) is 12.0 Å². The molecule has 1 heterocycles. The molecule has 2 aromatic rings. The van der Waals surface area contributed by atoms with Crippen LogP contribution in [0, 0.1) is 6.92 Å². The maximum Gasteiger partial charge on any atom is 0.0410 e. The van der Waals surface area contributed by atoms with E-state index in [9.17, 15) is 0 Å². The SMILES string of the molecule is Cc1cc(Cl)ccc1CNC1CCSc2ccc(Cl)cc21. The lowest BCUT2D eigenvalue weighted by Gasteiger charge is -2.26. The van der Waals surface area contributed by atoms with Gasteiger partial charge in [0.2, 0.25) is 0 Å². The molecule has 1 aliphatic rings. The highest BCUT2D eigenvalue weighted by molar-refractivity contribution is 7.99. The molecular weight excluding hydrogens is 321 g/mol. The van der Waals surface area contributed by atoms with Crippen LogP contribution in [-0.2, 0) is 6.54 Å². The van der Waals surface area contributed by atoms with Gasteiger partial charge in [-0.25, -0.2) is 0 Å². The molecule has 0 amide bonds. The van der Waals surface area contributed by atoms with Crippen molar-refractivity contribution in [2.45, 2.75) is 30.8 Å². The summed E-state index contributed by atoms with van der Waals surface area (Å²) < 4.78 is 0. The average molecular weight is 338 g/mol. The highest BCUT2D eigenvalue weighted by Crippen LogP contribution is 2.37. The predicted molar refractivity (Wildman–Crippen MR) is 92.6 cm³/mol. The Labute approximate surface area is 140 Å². The molecule has 0 aromatic heterocycles.